The molecule has 0 spiro atoms. The van der Waals surface area contributed by atoms with Gasteiger partial charge in [-0.3, -0.25) is 0 Å². The second-order valence-corrected chi connectivity index (χ2v) is 7.36. The Morgan fingerprint density at radius 3 is 1.65 bits per heavy atom. The number of anilines is 1. The molecule has 0 aliphatic heterocycles. The number of nitrogens with one attached hydrogen (secondary N) is 1. The van der Waals surface area contributed by atoms with Crippen LogP contribution in [0.25, 0.3) is 0 Å². The van der Waals surface area contributed by atoms with Crippen molar-refractivity contribution in [2.75, 3.05) is 18.5 Å². The molecule has 0 saturated heterocycles. The Balaban J connectivity index is 3.57. The predicted molar refractivity (Wildman–Crippen MR) is 89.2 cm³/mol. The third kappa shape index (κ3) is 3.91. The van der Waals surface area contributed by atoms with Gasteiger partial charge in [0.05, 0.1) is 6.61 Å². The van der Waals surface area contributed by atoms with Crippen LogP contribution in [0.3, 0.4) is 0 Å². The van der Waals surface area contributed by atoms with E-state index in [9.17, 15) is 0 Å². The summed E-state index contributed by atoms with van der Waals surface area (Å²) in [6.45, 7) is 19.3. The normalized spacial score (nSPS) is 12.4. The van der Waals surface area contributed by atoms with Gasteiger partial charge in [-0.25, -0.2) is 0 Å². The minimum atomic E-state index is 0.0654. The number of ether oxygens (including phenoxy) is 1. The molecule has 1 aromatic rings. The number of rotatable bonds is 4. The van der Waals surface area contributed by atoms with Crippen LogP contribution in [0.2, 0.25) is 0 Å². The van der Waals surface area contributed by atoms with Gasteiger partial charge in [-0.1, -0.05) is 41.5 Å². The quantitative estimate of drug-likeness (QED) is 0.825. The van der Waals surface area contributed by atoms with Gasteiger partial charge in [0.2, 0.25) is 0 Å². The SMILES string of the molecule is CCNc1cc(C(C)(C)C)c(OCC)c(C(C)(C)C)c1. The van der Waals surface area contributed by atoms with E-state index in [0.29, 0.717) is 6.61 Å². The number of hydrogen-bond donors (Lipinski definition) is 1. The first-order valence-electron chi connectivity index (χ1n) is 7.67. The van der Waals surface area contributed by atoms with Crippen LogP contribution in [0.15, 0.2) is 12.1 Å². The van der Waals surface area contributed by atoms with Crippen molar-refractivity contribution in [3.63, 3.8) is 0 Å². The summed E-state index contributed by atoms with van der Waals surface area (Å²) in [7, 11) is 0. The van der Waals surface area contributed by atoms with Crippen molar-refractivity contribution < 1.29 is 4.74 Å². The van der Waals surface area contributed by atoms with Gasteiger partial charge in [0, 0.05) is 23.4 Å². The Morgan fingerprint density at radius 1 is 0.900 bits per heavy atom. The van der Waals surface area contributed by atoms with E-state index in [-0.39, 0.29) is 10.8 Å². The van der Waals surface area contributed by atoms with E-state index in [2.05, 4.69) is 72.8 Å². The number of benzene rings is 1. The van der Waals surface area contributed by atoms with Crippen LogP contribution < -0.4 is 10.1 Å². The van der Waals surface area contributed by atoms with Crippen LogP contribution in [0.5, 0.6) is 5.75 Å². The molecule has 1 rings (SSSR count). The molecule has 0 fully saturated rings. The molecule has 0 heterocycles. The molecule has 0 amide bonds. The van der Waals surface area contributed by atoms with Gasteiger partial charge in [0.1, 0.15) is 5.75 Å². The van der Waals surface area contributed by atoms with Crippen LogP contribution in [0.1, 0.15) is 66.5 Å². The van der Waals surface area contributed by atoms with E-state index in [4.69, 9.17) is 4.74 Å². The first-order chi connectivity index (χ1) is 9.11. The molecule has 1 N–H and O–H groups in total. The Morgan fingerprint density at radius 2 is 1.35 bits per heavy atom. The molecule has 114 valence electrons. The van der Waals surface area contributed by atoms with Crippen molar-refractivity contribution in [1.29, 1.82) is 0 Å². The van der Waals surface area contributed by atoms with Crippen molar-refractivity contribution in [3.8, 4) is 5.75 Å². The standard InChI is InChI=1S/C18H31NO/c1-9-19-13-11-14(17(3,4)5)16(20-10-2)15(12-13)18(6,7)8/h11-12,19H,9-10H2,1-8H3. The van der Waals surface area contributed by atoms with E-state index in [1.54, 1.807) is 0 Å². The van der Waals surface area contributed by atoms with Gasteiger partial charge in [-0.2, -0.15) is 0 Å². The molecule has 0 aromatic heterocycles. The molecule has 0 radical (unpaired) electrons. The lowest BCUT2D eigenvalue weighted by Gasteiger charge is -2.30. The lowest BCUT2D eigenvalue weighted by Crippen LogP contribution is -2.20. The maximum Gasteiger partial charge on any atom is 0.126 e. The summed E-state index contributed by atoms with van der Waals surface area (Å²) in [5.74, 6) is 1.06. The first-order valence-corrected chi connectivity index (χ1v) is 7.67. The smallest absolute Gasteiger partial charge is 0.126 e. The molecule has 0 aliphatic carbocycles. The zero-order valence-corrected chi connectivity index (χ0v) is 14.5. The summed E-state index contributed by atoms with van der Waals surface area (Å²) in [5.41, 5.74) is 3.88. The molecule has 0 unspecified atom stereocenters. The highest BCUT2D eigenvalue weighted by molar-refractivity contribution is 5.59. The van der Waals surface area contributed by atoms with E-state index in [0.717, 1.165) is 12.3 Å². The van der Waals surface area contributed by atoms with Crippen LogP contribution in [0.4, 0.5) is 5.69 Å². The second-order valence-electron chi connectivity index (χ2n) is 7.36. The van der Waals surface area contributed by atoms with Gasteiger partial charge < -0.3 is 10.1 Å². The van der Waals surface area contributed by atoms with Gasteiger partial charge in [-0.15, -0.1) is 0 Å². The van der Waals surface area contributed by atoms with Crippen molar-refractivity contribution in [1.82, 2.24) is 0 Å². The van der Waals surface area contributed by atoms with Crippen molar-refractivity contribution in [2.24, 2.45) is 0 Å². The second kappa shape index (κ2) is 6.07. The molecule has 2 heteroatoms. The van der Waals surface area contributed by atoms with Crippen LogP contribution >= 0.6 is 0 Å². The maximum absolute atomic E-state index is 6.03. The summed E-state index contributed by atoms with van der Waals surface area (Å²) in [6.07, 6.45) is 0. The minimum Gasteiger partial charge on any atom is -0.493 e. The van der Waals surface area contributed by atoms with Crippen molar-refractivity contribution >= 4 is 5.69 Å². The van der Waals surface area contributed by atoms with Crippen LogP contribution in [-0.2, 0) is 10.8 Å². The van der Waals surface area contributed by atoms with Crippen LogP contribution in [-0.4, -0.2) is 13.2 Å². The van der Waals surface area contributed by atoms with Crippen molar-refractivity contribution in [3.05, 3.63) is 23.3 Å². The fourth-order valence-corrected chi connectivity index (χ4v) is 2.35. The molecule has 2 nitrogen and oxygen atoms in total. The van der Waals surface area contributed by atoms with Gasteiger partial charge in [0.25, 0.3) is 0 Å². The summed E-state index contributed by atoms with van der Waals surface area (Å²) >= 11 is 0. The topological polar surface area (TPSA) is 21.3 Å². The maximum atomic E-state index is 6.03. The van der Waals surface area contributed by atoms with E-state index in [1.807, 2.05) is 0 Å². The predicted octanol–water partition coefficient (Wildman–Crippen LogP) is 5.11. The van der Waals surface area contributed by atoms with Gasteiger partial charge in [-0.05, 0) is 36.8 Å². The lowest BCUT2D eigenvalue weighted by molar-refractivity contribution is 0.319. The lowest BCUT2D eigenvalue weighted by atomic mass is 9.79. The fraction of sp³-hybridized carbons (Fsp3) is 0.667. The molecule has 1 aromatic carbocycles. The Labute approximate surface area is 124 Å². The zero-order valence-electron chi connectivity index (χ0n) is 14.5. The average Bonchev–Trinajstić information content (AvgIpc) is 2.28. The molecular weight excluding hydrogens is 246 g/mol. The molecule has 0 atom stereocenters. The highest BCUT2D eigenvalue weighted by atomic mass is 16.5. The highest BCUT2D eigenvalue weighted by Crippen LogP contribution is 2.41. The van der Waals surface area contributed by atoms with Crippen LogP contribution in [0, 0.1) is 0 Å². The minimum absolute atomic E-state index is 0.0654. The van der Waals surface area contributed by atoms with E-state index >= 15 is 0 Å². The monoisotopic (exact) mass is 277 g/mol. The molecule has 0 aliphatic rings. The Hall–Kier alpha value is -1.18. The Bertz CT molecular complexity index is 414. The van der Waals surface area contributed by atoms with Gasteiger partial charge in [0.15, 0.2) is 0 Å². The molecular formula is C18H31NO. The summed E-state index contributed by atoms with van der Waals surface area (Å²) in [4.78, 5) is 0. The molecule has 0 bridgehead atoms. The van der Waals surface area contributed by atoms with E-state index < -0.39 is 0 Å². The summed E-state index contributed by atoms with van der Waals surface area (Å²) in [6, 6.07) is 4.48. The van der Waals surface area contributed by atoms with E-state index in [1.165, 1.54) is 16.8 Å². The third-order valence-electron chi connectivity index (χ3n) is 3.37. The Kier molecular flexibility index (Phi) is 5.12. The molecule has 0 saturated carbocycles. The first kappa shape index (κ1) is 16.9. The highest BCUT2D eigenvalue weighted by Gasteiger charge is 2.27. The zero-order chi connectivity index (χ0) is 15.6. The number of hydrogen-bond acceptors (Lipinski definition) is 2. The summed E-state index contributed by atoms with van der Waals surface area (Å²) < 4.78 is 6.03. The fourth-order valence-electron chi connectivity index (χ4n) is 2.35. The molecule has 20 heavy (non-hydrogen) atoms. The average molecular weight is 277 g/mol. The van der Waals surface area contributed by atoms with Crippen molar-refractivity contribution in [2.45, 2.75) is 66.2 Å². The third-order valence-corrected chi connectivity index (χ3v) is 3.37. The summed E-state index contributed by atoms with van der Waals surface area (Å²) in [5, 5.41) is 3.45. The largest absolute Gasteiger partial charge is 0.493 e. The van der Waals surface area contributed by atoms with Gasteiger partial charge >= 0.3 is 0 Å².